The van der Waals surface area contributed by atoms with Gasteiger partial charge in [0, 0.05) is 24.1 Å². The van der Waals surface area contributed by atoms with Crippen molar-refractivity contribution in [3.05, 3.63) is 23.0 Å². The quantitative estimate of drug-likeness (QED) is 0.791. The number of halogens is 3. The number of alkyl halides is 3. The van der Waals surface area contributed by atoms with Gasteiger partial charge in [-0.25, -0.2) is 4.98 Å². The molecule has 0 radical (unpaired) electrons. The summed E-state index contributed by atoms with van der Waals surface area (Å²) in [4.78, 5) is 4.45. The standard InChI is InChI=1S/C15H18F3N3/c1-14(2,3)10-7-9(15(16,17)18)11-12(8-5-6-8)20-21(4)13(11)19-10/h7-8H,5-6H2,1-4H3. The lowest BCUT2D eigenvalue weighted by atomic mass is 9.90. The molecule has 0 saturated heterocycles. The van der Waals surface area contributed by atoms with Crippen LogP contribution in [0.1, 0.15) is 56.5 Å². The van der Waals surface area contributed by atoms with Crippen LogP contribution < -0.4 is 0 Å². The van der Waals surface area contributed by atoms with Crippen LogP contribution in [-0.2, 0) is 18.6 Å². The van der Waals surface area contributed by atoms with Gasteiger partial charge in [0.05, 0.1) is 16.6 Å². The molecule has 2 aromatic rings. The van der Waals surface area contributed by atoms with E-state index in [1.807, 2.05) is 20.8 Å². The van der Waals surface area contributed by atoms with E-state index in [2.05, 4.69) is 10.1 Å². The van der Waals surface area contributed by atoms with E-state index in [1.165, 1.54) is 10.7 Å². The van der Waals surface area contributed by atoms with Crippen molar-refractivity contribution in [2.24, 2.45) is 7.05 Å². The highest BCUT2D eigenvalue weighted by molar-refractivity contribution is 5.84. The van der Waals surface area contributed by atoms with Gasteiger partial charge in [0.2, 0.25) is 0 Å². The van der Waals surface area contributed by atoms with Gasteiger partial charge in [-0.15, -0.1) is 0 Å². The Morgan fingerprint density at radius 2 is 1.81 bits per heavy atom. The summed E-state index contributed by atoms with van der Waals surface area (Å²) in [5, 5.41) is 4.48. The summed E-state index contributed by atoms with van der Waals surface area (Å²) in [6, 6.07) is 1.19. The van der Waals surface area contributed by atoms with Crippen LogP contribution in [0.2, 0.25) is 0 Å². The Kier molecular flexibility index (Phi) is 2.88. The van der Waals surface area contributed by atoms with E-state index in [-0.39, 0.29) is 11.3 Å². The second-order valence-electron chi connectivity index (χ2n) is 6.78. The molecule has 3 rings (SSSR count). The number of hydrogen-bond acceptors (Lipinski definition) is 2. The van der Waals surface area contributed by atoms with Crippen LogP contribution >= 0.6 is 0 Å². The van der Waals surface area contributed by atoms with Gasteiger partial charge in [0.25, 0.3) is 0 Å². The van der Waals surface area contributed by atoms with E-state index in [0.29, 0.717) is 17.0 Å². The lowest BCUT2D eigenvalue weighted by Crippen LogP contribution is -2.17. The van der Waals surface area contributed by atoms with Crippen LogP contribution in [0.15, 0.2) is 6.07 Å². The number of aromatic nitrogens is 3. The van der Waals surface area contributed by atoms with Crippen LogP contribution in [0.4, 0.5) is 13.2 Å². The Balaban J connectivity index is 2.37. The Labute approximate surface area is 121 Å². The van der Waals surface area contributed by atoms with Gasteiger partial charge in [-0.2, -0.15) is 18.3 Å². The smallest absolute Gasteiger partial charge is 0.250 e. The predicted octanol–water partition coefficient (Wildman–Crippen LogP) is 4.16. The molecule has 1 aliphatic carbocycles. The van der Waals surface area contributed by atoms with Gasteiger partial charge in [-0.05, 0) is 18.9 Å². The third kappa shape index (κ3) is 2.40. The maximum atomic E-state index is 13.5. The Bertz CT molecular complexity index is 703. The molecule has 0 aliphatic heterocycles. The topological polar surface area (TPSA) is 30.7 Å². The Morgan fingerprint density at radius 3 is 2.29 bits per heavy atom. The molecule has 0 atom stereocenters. The molecule has 1 aliphatic rings. The van der Waals surface area contributed by atoms with Crippen molar-refractivity contribution < 1.29 is 13.2 Å². The van der Waals surface area contributed by atoms with E-state index in [4.69, 9.17) is 0 Å². The fraction of sp³-hybridized carbons (Fsp3) is 0.600. The number of hydrogen-bond donors (Lipinski definition) is 0. The molecule has 1 fully saturated rings. The zero-order valence-electron chi connectivity index (χ0n) is 12.5. The average Bonchev–Trinajstić information content (AvgIpc) is 3.12. The third-order valence-electron chi connectivity index (χ3n) is 3.86. The molecule has 6 heteroatoms. The van der Waals surface area contributed by atoms with E-state index >= 15 is 0 Å². The highest BCUT2D eigenvalue weighted by Crippen LogP contribution is 2.46. The van der Waals surface area contributed by atoms with Gasteiger partial charge < -0.3 is 0 Å². The minimum atomic E-state index is -4.39. The lowest BCUT2D eigenvalue weighted by molar-refractivity contribution is -0.136. The highest BCUT2D eigenvalue weighted by Gasteiger charge is 2.39. The SMILES string of the molecule is Cn1nc(C2CC2)c2c(C(F)(F)F)cc(C(C)(C)C)nc21. The average molecular weight is 297 g/mol. The summed E-state index contributed by atoms with van der Waals surface area (Å²) >= 11 is 0. The lowest BCUT2D eigenvalue weighted by Gasteiger charge is -2.20. The fourth-order valence-electron chi connectivity index (χ4n) is 2.53. The minimum Gasteiger partial charge on any atom is -0.250 e. The van der Waals surface area contributed by atoms with Crippen molar-refractivity contribution in [3.8, 4) is 0 Å². The van der Waals surface area contributed by atoms with Crippen molar-refractivity contribution >= 4 is 11.0 Å². The number of aryl methyl sites for hydroxylation is 1. The molecular weight excluding hydrogens is 279 g/mol. The third-order valence-corrected chi connectivity index (χ3v) is 3.86. The second kappa shape index (κ2) is 4.21. The summed E-state index contributed by atoms with van der Waals surface area (Å²) in [6.07, 6.45) is -2.58. The fourth-order valence-corrected chi connectivity index (χ4v) is 2.53. The predicted molar refractivity (Wildman–Crippen MR) is 74.2 cm³/mol. The molecule has 2 aromatic heterocycles. The zero-order chi connectivity index (χ0) is 15.6. The molecule has 0 unspecified atom stereocenters. The maximum absolute atomic E-state index is 13.5. The van der Waals surface area contributed by atoms with Gasteiger partial charge in [0.1, 0.15) is 0 Å². The first-order chi connectivity index (χ1) is 9.59. The Morgan fingerprint density at radius 1 is 1.19 bits per heavy atom. The van der Waals surface area contributed by atoms with Crippen LogP contribution in [0.3, 0.4) is 0 Å². The van der Waals surface area contributed by atoms with Crippen molar-refractivity contribution in [2.75, 3.05) is 0 Å². The summed E-state index contributed by atoms with van der Waals surface area (Å²) in [5.41, 5.74) is 0.266. The molecule has 0 spiro atoms. The molecule has 0 aromatic carbocycles. The minimum absolute atomic E-state index is 0.150. The van der Waals surface area contributed by atoms with Crippen molar-refractivity contribution in [3.63, 3.8) is 0 Å². The molecule has 3 nitrogen and oxygen atoms in total. The van der Waals surface area contributed by atoms with Gasteiger partial charge in [-0.3, -0.25) is 4.68 Å². The summed E-state index contributed by atoms with van der Waals surface area (Å²) < 4.78 is 42.0. The van der Waals surface area contributed by atoms with Crippen LogP contribution in [-0.4, -0.2) is 14.8 Å². The van der Waals surface area contributed by atoms with Crippen LogP contribution in [0.25, 0.3) is 11.0 Å². The first-order valence-electron chi connectivity index (χ1n) is 7.04. The van der Waals surface area contributed by atoms with Gasteiger partial charge in [-0.1, -0.05) is 20.8 Å². The van der Waals surface area contributed by atoms with Crippen LogP contribution in [0, 0.1) is 0 Å². The summed E-state index contributed by atoms with van der Waals surface area (Å²) in [7, 11) is 1.66. The molecule has 0 bridgehead atoms. The normalized spacial score (nSPS) is 16.7. The number of fused-ring (bicyclic) bond motifs is 1. The number of rotatable bonds is 1. The molecule has 1 saturated carbocycles. The maximum Gasteiger partial charge on any atom is 0.417 e. The first-order valence-corrected chi connectivity index (χ1v) is 7.04. The Hall–Kier alpha value is -1.59. The molecule has 21 heavy (non-hydrogen) atoms. The van der Waals surface area contributed by atoms with Crippen molar-refractivity contribution in [2.45, 2.75) is 51.1 Å². The molecule has 0 N–H and O–H groups in total. The molecule has 114 valence electrons. The van der Waals surface area contributed by atoms with Crippen molar-refractivity contribution in [1.82, 2.24) is 14.8 Å². The summed E-state index contributed by atoms with van der Waals surface area (Å²) in [6.45, 7) is 5.58. The highest BCUT2D eigenvalue weighted by atomic mass is 19.4. The monoisotopic (exact) mass is 297 g/mol. The van der Waals surface area contributed by atoms with E-state index in [1.54, 1.807) is 7.05 Å². The zero-order valence-corrected chi connectivity index (χ0v) is 12.5. The second-order valence-corrected chi connectivity index (χ2v) is 6.78. The van der Waals surface area contributed by atoms with Gasteiger partial charge >= 0.3 is 6.18 Å². The van der Waals surface area contributed by atoms with Crippen molar-refractivity contribution in [1.29, 1.82) is 0 Å². The van der Waals surface area contributed by atoms with Gasteiger partial charge in [0.15, 0.2) is 5.65 Å². The molecular formula is C15H18F3N3. The van der Waals surface area contributed by atoms with E-state index < -0.39 is 17.2 Å². The largest absolute Gasteiger partial charge is 0.417 e. The first kappa shape index (κ1) is 14.4. The molecule has 0 amide bonds. The summed E-state index contributed by atoms with van der Waals surface area (Å²) in [5.74, 6) is 0.150. The van der Waals surface area contributed by atoms with E-state index in [9.17, 15) is 13.2 Å². The number of pyridine rings is 1. The number of nitrogens with zero attached hydrogens (tertiary/aromatic N) is 3. The van der Waals surface area contributed by atoms with Crippen LogP contribution in [0.5, 0.6) is 0 Å². The molecule has 2 heterocycles. The van der Waals surface area contributed by atoms with E-state index in [0.717, 1.165) is 12.8 Å².